The van der Waals surface area contributed by atoms with Crippen molar-refractivity contribution in [2.45, 2.75) is 33.2 Å². The predicted molar refractivity (Wildman–Crippen MR) is 114 cm³/mol. The zero-order chi connectivity index (χ0) is 21.4. The quantitative estimate of drug-likeness (QED) is 0.371. The van der Waals surface area contributed by atoms with Crippen molar-refractivity contribution in [3.63, 3.8) is 0 Å². The molecule has 0 amide bonds. The lowest BCUT2D eigenvalue weighted by Crippen LogP contribution is -2.27. The van der Waals surface area contributed by atoms with Crippen LogP contribution < -0.4 is 5.56 Å². The lowest BCUT2D eigenvalue weighted by atomic mass is 10.1. The van der Waals surface area contributed by atoms with Gasteiger partial charge in [-0.25, -0.2) is 9.36 Å². The Bertz CT molecular complexity index is 1300. The fourth-order valence-corrected chi connectivity index (χ4v) is 3.51. The maximum atomic E-state index is 13.4. The van der Waals surface area contributed by atoms with Crippen molar-refractivity contribution in [2.75, 3.05) is 0 Å². The predicted octanol–water partition coefficient (Wildman–Crippen LogP) is 3.97. The van der Waals surface area contributed by atoms with Crippen molar-refractivity contribution in [1.29, 1.82) is 0 Å². The summed E-state index contributed by atoms with van der Waals surface area (Å²) in [5, 5.41) is 20.7. The zero-order valence-corrected chi connectivity index (χ0v) is 16.9. The number of nitro benzene ring substituents is 1. The standard InChI is InChI=1S/C22H21N5O3/c1-14(2)20-18-12-23-26(19-7-5-4-6-15(19)3)21(18)22(28)25(24-20)13-16-8-10-17(11-9-16)27(29)30/h4-12,14H,13H2,1-3H3. The van der Waals surface area contributed by atoms with Crippen LogP contribution >= 0.6 is 0 Å². The van der Waals surface area contributed by atoms with Crippen LogP contribution in [0.3, 0.4) is 0 Å². The zero-order valence-electron chi connectivity index (χ0n) is 16.9. The van der Waals surface area contributed by atoms with E-state index >= 15 is 0 Å². The van der Waals surface area contributed by atoms with E-state index < -0.39 is 4.92 Å². The topological polar surface area (TPSA) is 95.8 Å². The van der Waals surface area contributed by atoms with E-state index in [-0.39, 0.29) is 23.7 Å². The number of aryl methyl sites for hydroxylation is 1. The Balaban J connectivity index is 1.89. The van der Waals surface area contributed by atoms with E-state index in [4.69, 9.17) is 0 Å². The van der Waals surface area contributed by atoms with Crippen molar-refractivity contribution in [2.24, 2.45) is 0 Å². The molecule has 8 nitrogen and oxygen atoms in total. The summed E-state index contributed by atoms with van der Waals surface area (Å²) < 4.78 is 3.09. The van der Waals surface area contributed by atoms with Crippen LogP contribution in [-0.2, 0) is 6.54 Å². The van der Waals surface area contributed by atoms with Gasteiger partial charge in [0, 0.05) is 17.5 Å². The minimum atomic E-state index is -0.447. The third kappa shape index (κ3) is 3.36. The number of nitro groups is 1. The van der Waals surface area contributed by atoms with Crippen LogP contribution in [0.1, 0.15) is 36.6 Å². The summed E-state index contributed by atoms with van der Waals surface area (Å²) in [5.41, 5.74) is 3.62. The molecule has 2 aromatic heterocycles. The van der Waals surface area contributed by atoms with E-state index in [1.807, 2.05) is 45.0 Å². The number of non-ortho nitro benzene ring substituents is 1. The summed E-state index contributed by atoms with van der Waals surface area (Å²) in [5.74, 6) is 0.0886. The molecule has 30 heavy (non-hydrogen) atoms. The molecule has 0 saturated carbocycles. The third-order valence-electron chi connectivity index (χ3n) is 5.08. The Morgan fingerprint density at radius 2 is 1.80 bits per heavy atom. The van der Waals surface area contributed by atoms with E-state index in [1.165, 1.54) is 16.8 Å². The summed E-state index contributed by atoms with van der Waals surface area (Å²) in [6, 6.07) is 13.9. The molecular weight excluding hydrogens is 382 g/mol. The van der Waals surface area contributed by atoms with Gasteiger partial charge in [0.05, 0.1) is 29.0 Å². The molecule has 0 aliphatic heterocycles. The number of hydrogen-bond acceptors (Lipinski definition) is 5. The van der Waals surface area contributed by atoms with Gasteiger partial charge in [0.2, 0.25) is 0 Å². The Kier molecular flexibility index (Phi) is 4.91. The van der Waals surface area contributed by atoms with Crippen molar-refractivity contribution in [3.05, 3.63) is 92.0 Å². The maximum Gasteiger partial charge on any atom is 0.293 e. The van der Waals surface area contributed by atoms with Gasteiger partial charge in [-0.3, -0.25) is 14.9 Å². The molecular formula is C22H21N5O3. The van der Waals surface area contributed by atoms with Gasteiger partial charge in [-0.15, -0.1) is 0 Å². The van der Waals surface area contributed by atoms with Crippen LogP contribution in [0.5, 0.6) is 0 Å². The van der Waals surface area contributed by atoms with E-state index in [9.17, 15) is 14.9 Å². The van der Waals surface area contributed by atoms with Gasteiger partial charge in [0.1, 0.15) is 5.52 Å². The number of rotatable bonds is 5. The second kappa shape index (κ2) is 7.55. The molecule has 0 spiro atoms. The second-order valence-corrected chi connectivity index (χ2v) is 7.53. The molecule has 0 atom stereocenters. The minimum Gasteiger partial charge on any atom is -0.265 e. The van der Waals surface area contributed by atoms with Crippen LogP contribution in [0.4, 0.5) is 5.69 Å². The van der Waals surface area contributed by atoms with Crippen LogP contribution in [0.15, 0.2) is 59.5 Å². The Labute approximate surface area is 172 Å². The van der Waals surface area contributed by atoms with Crippen LogP contribution in [-0.4, -0.2) is 24.5 Å². The molecule has 152 valence electrons. The van der Waals surface area contributed by atoms with Crippen molar-refractivity contribution >= 4 is 16.6 Å². The van der Waals surface area contributed by atoms with Gasteiger partial charge >= 0.3 is 0 Å². The van der Waals surface area contributed by atoms with Crippen molar-refractivity contribution in [1.82, 2.24) is 19.6 Å². The lowest BCUT2D eigenvalue weighted by Gasteiger charge is -2.13. The summed E-state index contributed by atoms with van der Waals surface area (Å²) in [6.45, 7) is 6.23. The molecule has 2 aromatic carbocycles. The van der Waals surface area contributed by atoms with E-state index in [0.29, 0.717) is 5.52 Å². The van der Waals surface area contributed by atoms with E-state index in [0.717, 1.165) is 27.9 Å². The normalized spacial score (nSPS) is 11.3. The fourth-order valence-electron chi connectivity index (χ4n) is 3.51. The van der Waals surface area contributed by atoms with Crippen LogP contribution in [0, 0.1) is 17.0 Å². The monoisotopic (exact) mass is 403 g/mol. The number of fused-ring (bicyclic) bond motifs is 1. The largest absolute Gasteiger partial charge is 0.293 e. The molecule has 2 heterocycles. The number of aromatic nitrogens is 4. The van der Waals surface area contributed by atoms with Gasteiger partial charge in [-0.2, -0.15) is 10.2 Å². The van der Waals surface area contributed by atoms with Gasteiger partial charge in [0.15, 0.2) is 0 Å². The molecule has 4 rings (SSSR count). The van der Waals surface area contributed by atoms with Crippen molar-refractivity contribution < 1.29 is 4.92 Å². The van der Waals surface area contributed by atoms with E-state index in [1.54, 1.807) is 23.0 Å². The molecule has 0 unspecified atom stereocenters. The number of para-hydroxylation sites is 1. The summed E-state index contributed by atoms with van der Waals surface area (Å²) in [7, 11) is 0. The van der Waals surface area contributed by atoms with Gasteiger partial charge in [-0.1, -0.05) is 44.2 Å². The second-order valence-electron chi connectivity index (χ2n) is 7.53. The molecule has 0 aliphatic carbocycles. The smallest absolute Gasteiger partial charge is 0.265 e. The maximum absolute atomic E-state index is 13.4. The molecule has 0 fully saturated rings. The fraction of sp³-hybridized carbons (Fsp3) is 0.227. The Morgan fingerprint density at radius 1 is 1.10 bits per heavy atom. The van der Waals surface area contributed by atoms with Crippen LogP contribution in [0.25, 0.3) is 16.6 Å². The molecule has 0 aliphatic rings. The van der Waals surface area contributed by atoms with Crippen LogP contribution in [0.2, 0.25) is 0 Å². The molecule has 0 N–H and O–H groups in total. The first kappa shape index (κ1) is 19.5. The molecule has 0 bridgehead atoms. The Hall–Kier alpha value is -3.81. The minimum absolute atomic E-state index is 0.00927. The average molecular weight is 403 g/mol. The van der Waals surface area contributed by atoms with Gasteiger partial charge in [0.25, 0.3) is 11.2 Å². The van der Waals surface area contributed by atoms with E-state index in [2.05, 4.69) is 10.2 Å². The highest BCUT2D eigenvalue weighted by Crippen LogP contribution is 2.24. The highest BCUT2D eigenvalue weighted by Gasteiger charge is 2.19. The van der Waals surface area contributed by atoms with Gasteiger partial charge < -0.3 is 0 Å². The average Bonchev–Trinajstić information content (AvgIpc) is 3.16. The summed E-state index contributed by atoms with van der Waals surface area (Å²) >= 11 is 0. The first-order chi connectivity index (χ1) is 14.4. The number of benzene rings is 2. The molecule has 8 heteroatoms. The number of nitrogens with zero attached hydrogens (tertiary/aromatic N) is 5. The van der Waals surface area contributed by atoms with Gasteiger partial charge in [-0.05, 0) is 30.0 Å². The molecule has 0 radical (unpaired) electrons. The number of hydrogen-bond donors (Lipinski definition) is 0. The SMILES string of the molecule is Cc1ccccc1-n1ncc2c(C(C)C)nn(Cc3ccc([N+](=O)[O-])cc3)c(=O)c21. The highest BCUT2D eigenvalue weighted by molar-refractivity contribution is 5.82. The molecule has 4 aromatic rings. The molecule has 0 saturated heterocycles. The first-order valence-electron chi connectivity index (χ1n) is 9.65. The lowest BCUT2D eigenvalue weighted by molar-refractivity contribution is -0.384. The summed E-state index contributed by atoms with van der Waals surface area (Å²) in [4.78, 5) is 23.8. The third-order valence-corrected chi connectivity index (χ3v) is 5.08. The highest BCUT2D eigenvalue weighted by atomic mass is 16.6. The summed E-state index contributed by atoms with van der Waals surface area (Å²) in [6.07, 6.45) is 1.70. The Morgan fingerprint density at radius 3 is 2.43 bits per heavy atom. The van der Waals surface area contributed by atoms with Crippen molar-refractivity contribution in [3.8, 4) is 5.69 Å². The first-order valence-corrected chi connectivity index (χ1v) is 9.65.